The van der Waals surface area contributed by atoms with Crippen LogP contribution in [-0.4, -0.2) is 27.3 Å². The number of nitrogens with one attached hydrogen (secondary N) is 2. The van der Waals surface area contributed by atoms with Crippen molar-refractivity contribution < 1.29 is 18.8 Å². The average Bonchev–Trinajstić information content (AvgIpc) is 3.49. The number of anilines is 3. The predicted molar refractivity (Wildman–Crippen MR) is 123 cm³/mol. The number of nitrogens with zero attached hydrogens (tertiary/aromatic N) is 3. The Morgan fingerprint density at radius 1 is 1.00 bits per heavy atom. The van der Waals surface area contributed by atoms with E-state index in [1.165, 1.54) is 6.92 Å². The molecule has 3 amide bonds. The van der Waals surface area contributed by atoms with Crippen LogP contribution >= 0.6 is 0 Å². The predicted octanol–water partition coefficient (Wildman–Crippen LogP) is 3.70. The molecular weight excluding hydrogens is 422 g/mol. The number of benzene rings is 2. The summed E-state index contributed by atoms with van der Waals surface area (Å²) in [6, 6.07) is 17.2. The minimum atomic E-state index is -0.721. The first-order valence-corrected chi connectivity index (χ1v) is 10.5. The van der Waals surface area contributed by atoms with Crippen molar-refractivity contribution in [2.75, 3.05) is 15.5 Å². The zero-order valence-corrected chi connectivity index (χ0v) is 17.8. The lowest BCUT2D eigenvalue weighted by atomic mass is 10.1. The van der Waals surface area contributed by atoms with Crippen LogP contribution < -0.4 is 15.5 Å². The largest absolute Gasteiger partial charge is 0.467 e. The van der Waals surface area contributed by atoms with Gasteiger partial charge < -0.3 is 15.1 Å². The van der Waals surface area contributed by atoms with Crippen molar-refractivity contribution in [3.8, 4) is 0 Å². The molecule has 1 unspecified atom stereocenters. The van der Waals surface area contributed by atoms with Crippen LogP contribution in [0.2, 0.25) is 0 Å². The van der Waals surface area contributed by atoms with Gasteiger partial charge in [0.1, 0.15) is 11.8 Å². The molecule has 1 atom stereocenters. The van der Waals surface area contributed by atoms with Crippen LogP contribution in [0.15, 0.2) is 71.3 Å². The third-order valence-corrected chi connectivity index (χ3v) is 5.44. The molecule has 0 radical (unpaired) electrons. The van der Waals surface area contributed by atoms with Gasteiger partial charge in [-0.3, -0.25) is 23.9 Å². The van der Waals surface area contributed by atoms with Gasteiger partial charge in [0.25, 0.3) is 5.91 Å². The molecule has 166 valence electrons. The molecule has 0 spiro atoms. The minimum absolute atomic E-state index is 0.0473. The molecule has 33 heavy (non-hydrogen) atoms. The lowest BCUT2D eigenvalue weighted by Crippen LogP contribution is -2.31. The monoisotopic (exact) mass is 443 g/mol. The maximum absolute atomic E-state index is 13.3. The van der Waals surface area contributed by atoms with Crippen molar-refractivity contribution in [2.24, 2.45) is 0 Å². The van der Waals surface area contributed by atoms with E-state index in [-0.39, 0.29) is 30.7 Å². The standard InChI is InChI=1S/C24H21N5O4/c1-15(30)25-16-8-10-17(11-9-16)26-22(31)13-21-23(32)28(14-18-5-4-12-33-18)24-27-19-6-2-3-7-20(19)29(21)24/h2-12,21H,13-14H2,1H3,(H,25,30)(H,26,31). The van der Waals surface area contributed by atoms with Crippen molar-refractivity contribution in [3.05, 3.63) is 72.7 Å². The summed E-state index contributed by atoms with van der Waals surface area (Å²) < 4.78 is 7.24. The van der Waals surface area contributed by atoms with E-state index in [0.717, 1.165) is 11.0 Å². The van der Waals surface area contributed by atoms with Gasteiger partial charge in [-0.05, 0) is 48.5 Å². The van der Waals surface area contributed by atoms with Crippen molar-refractivity contribution in [2.45, 2.75) is 25.9 Å². The first-order chi connectivity index (χ1) is 16.0. The van der Waals surface area contributed by atoms with Gasteiger partial charge in [-0.25, -0.2) is 4.98 Å². The summed E-state index contributed by atoms with van der Waals surface area (Å²) in [5.74, 6) is 0.440. The van der Waals surface area contributed by atoms with Gasteiger partial charge in [0.05, 0.1) is 30.3 Å². The third kappa shape index (κ3) is 3.96. The second-order valence-electron chi connectivity index (χ2n) is 7.80. The van der Waals surface area contributed by atoms with Gasteiger partial charge in [-0.1, -0.05) is 12.1 Å². The highest BCUT2D eigenvalue weighted by molar-refractivity contribution is 6.05. The van der Waals surface area contributed by atoms with Gasteiger partial charge in [-0.15, -0.1) is 0 Å². The summed E-state index contributed by atoms with van der Waals surface area (Å²) >= 11 is 0. The topological polar surface area (TPSA) is 109 Å². The Balaban J connectivity index is 1.39. The molecule has 1 aliphatic heterocycles. The van der Waals surface area contributed by atoms with E-state index in [2.05, 4.69) is 15.6 Å². The number of amides is 3. The van der Waals surface area contributed by atoms with Crippen LogP contribution in [0, 0.1) is 0 Å². The van der Waals surface area contributed by atoms with E-state index in [9.17, 15) is 14.4 Å². The Labute approximate surface area is 189 Å². The van der Waals surface area contributed by atoms with Crippen LogP contribution in [0.4, 0.5) is 17.3 Å². The number of hydrogen-bond acceptors (Lipinski definition) is 5. The van der Waals surface area contributed by atoms with Gasteiger partial charge in [-0.2, -0.15) is 0 Å². The summed E-state index contributed by atoms with van der Waals surface area (Å²) in [7, 11) is 0. The molecule has 0 saturated heterocycles. The average molecular weight is 443 g/mol. The van der Waals surface area contributed by atoms with Crippen molar-refractivity contribution in [1.29, 1.82) is 0 Å². The first kappa shape index (κ1) is 20.5. The number of aromatic nitrogens is 2. The van der Waals surface area contributed by atoms with Crippen LogP contribution in [-0.2, 0) is 20.9 Å². The van der Waals surface area contributed by atoms with E-state index in [1.807, 2.05) is 28.8 Å². The number of imidazole rings is 1. The van der Waals surface area contributed by atoms with E-state index in [1.54, 1.807) is 47.6 Å². The van der Waals surface area contributed by atoms with E-state index in [4.69, 9.17) is 4.42 Å². The number of carbonyl (C=O) groups is 3. The Morgan fingerprint density at radius 3 is 2.42 bits per heavy atom. The van der Waals surface area contributed by atoms with Crippen LogP contribution in [0.25, 0.3) is 11.0 Å². The molecule has 0 bridgehead atoms. The van der Waals surface area contributed by atoms with Gasteiger partial charge in [0.2, 0.25) is 17.8 Å². The summed E-state index contributed by atoms with van der Waals surface area (Å²) in [6.07, 6.45) is 1.51. The second-order valence-corrected chi connectivity index (χ2v) is 7.80. The number of rotatable bonds is 6. The molecule has 0 fully saturated rings. The minimum Gasteiger partial charge on any atom is -0.467 e. The molecule has 2 N–H and O–H groups in total. The smallest absolute Gasteiger partial charge is 0.253 e. The van der Waals surface area contributed by atoms with Gasteiger partial charge in [0.15, 0.2) is 0 Å². The number of fused-ring (bicyclic) bond motifs is 3. The van der Waals surface area contributed by atoms with Crippen LogP contribution in [0.5, 0.6) is 0 Å². The molecule has 9 heteroatoms. The van der Waals surface area contributed by atoms with Crippen LogP contribution in [0.3, 0.4) is 0 Å². The highest BCUT2D eigenvalue weighted by atomic mass is 16.3. The lowest BCUT2D eigenvalue weighted by molar-refractivity contribution is -0.124. The lowest BCUT2D eigenvalue weighted by Gasteiger charge is -2.15. The molecule has 9 nitrogen and oxygen atoms in total. The first-order valence-electron chi connectivity index (χ1n) is 10.5. The highest BCUT2D eigenvalue weighted by Gasteiger charge is 2.41. The molecular formula is C24H21N5O4. The molecule has 0 saturated carbocycles. The fourth-order valence-electron chi connectivity index (χ4n) is 4.03. The Bertz CT molecular complexity index is 1340. The highest BCUT2D eigenvalue weighted by Crippen LogP contribution is 2.37. The zero-order chi connectivity index (χ0) is 22.9. The van der Waals surface area contributed by atoms with Crippen molar-refractivity contribution >= 4 is 46.1 Å². The maximum Gasteiger partial charge on any atom is 0.253 e. The van der Waals surface area contributed by atoms with Gasteiger partial charge in [0, 0.05) is 18.3 Å². The number of para-hydroxylation sites is 2. The maximum atomic E-state index is 13.3. The summed E-state index contributed by atoms with van der Waals surface area (Å²) in [5.41, 5.74) is 2.75. The normalized spacial score (nSPS) is 15.0. The fourth-order valence-corrected chi connectivity index (χ4v) is 4.03. The van der Waals surface area contributed by atoms with Crippen molar-refractivity contribution in [3.63, 3.8) is 0 Å². The van der Waals surface area contributed by atoms with Crippen molar-refractivity contribution in [1.82, 2.24) is 9.55 Å². The third-order valence-electron chi connectivity index (χ3n) is 5.44. The Kier molecular flexibility index (Phi) is 5.14. The quantitative estimate of drug-likeness (QED) is 0.472. The summed E-state index contributed by atoms with van der Waals surface area (Å²) in [4.78, 5) is 43.6. The van der Waals surface area contributed by atoms with E-state index >= 15 is 0 Å². The molecule has 4 aromatic rings. The molecule has 0 aliphatic carbocycles. The number of carbonyl (C=O) groups excluding carboxylic acids is 3. The van der Waals surface area contributed by atoms with Gasteiger partial charge >= 0.3 is 0 Å². The Hall–Kier alpha value is -4.40. The molecule has 2 aromatic heterocycles. The Morgan fingerprint density at radius 2 is 1.73 bits per heavy atom. The molecule has 5 rings (SSSR count). The zero-order valence-electron chi connectivity index (χ0n) is 17.8. The van der Waals surface area contributed by atoms with E-state index < -0.39 is 6.04 Å². The van der Waals surface area contributed by atoms with E-state index in [0.29, 0.717) is 23.1 Å². The number of hydrogen-bond donors (Lipinski definition) is 2. The number of furan rings is 1. The fraction of sp³-hybridized carbons (Fsp3) is 0.167. The second kappa shape index (κ2) is 8.27. The summed E-state index contributed by atoms with van der Waals surface area (Å²) in [6.45, 7) is 1.66. The summed E-state index contributed by atoms with van der Waals surface area (Å²) in [5, 5.41) is 5.50. The molecule has 1 aliphatic rings. The SMILES string of the molecule is CC(=O)Nc1ccc(NC(=O)CC2C(=O)N(Cc3ccco3)c3nc4ccccc4n32)cc1. The van der Waals surface area contributed by atoms with Crippen LogP contribution in [0.1, 0.15) is 25.1 Å². The molecule has 2 aromatic carbocycles. The molecule has 3 heterocycles.